The van der Waals surface area contributed by atoms with E-state index >= 15 is 0 Å². The summed E-state index contributed by atoms with van der Waals surface area (Å²) in [7, 11) is 0. The van der Waals surface area contributed by atoms with Crippen LogP contribution < -0.4 is 0 Å². The molecule has 0 amide bonds. The van der Waals surface area contributed by atoms with Crippen LogP contribution in [0.5, 0.6) is 0 Å². The Balaban J connectivity index is 2.51. The van der Waals surface area contributed by atoms with Gasteiger partial charge in [-0.1, -0.05) is 66.7 Å². The van der Waals surface area contributed by atoms with Gasteiger partial charge >= 0.3 is 0 Å². The van der Waals surface area contributed by atoms with Crippen LogP contribution in [0.25, 0.3) is 0 Å². The molecular formula is C17H34. The SMILES string of the molecule is CC1CCCCC(C)(C)CCCCC(C)(C)C1. The summed E-state index contributed by atoms with van der Waals surface area (Å²) < 4.78 is 0. The maximum absolute atomic E-state index is 2.47. The molecule has 0 aromatic heterocycles. The third-order valence-electron chi connectivity index (χ3n) is 4.66. The molecular weight excluding hydrogens is 204 g/mol. The van der Waals surface area contributed by atoms with Crippen molar-refractivity contribution < 1.29 is 0 Å². The zero-order valence-electron chi connectivity index (χ0n) is 12.9. The van der Waals surface area contributed by atoms with Crippen LogP contribution in [0.4, 0.5) is 0 Å². The average molecular weight is 238 g/mol. The van der Waals surface area contributed by atoms with Gasteiger partial charge in [0.1, 0.15) is 0 Å². The van der Waals surface area contributed by atoms with Crippen LogP contribution in [0.15, 0.2) is 0 Å². The molecule has 1 aliphatic carbocycles. The Labute approximate surface area is 110 Å². The molecule has 0 N–H and O–H groups in total. The maximum atomic E-state index is 2.47. The smallest absolute Gasteiger partial charge is 0.0352 e. The largest absolute Gasteiger partial charge is 0.0625 e. The highest BCUT2D eigenvalue weighted by molar-refractivity contribution is 4.75. The van der Waals surface area contributed by atoms with Gasteiger partial charge in [-0.05, 0) is 42.4 Å². The van der Waals surface area contributed by atoms with Crippen LogP contribution in [-0.4, -0.2) is 0 Å². The monoisotopic (exact) mass is 238 g/mol. The number of hydrogen-bond acceptors (Lipinski definition) is 0. The lowest BCUT2D eigenvalue weighted by atomic mass is 9.75. The molecule has 0 radical (unpaired) electrons. The van der Waals surface area contributed by atoms with Gasteiger partial charge in [-0.15, -0.1) is 0 Å². The molecule has 1 fully saturated rings. The second-order valence-corrected chi connectivity index (χ2v) is 8.09. The summed E-state index contributed by atoms with van der Waals surface area (Å²) in [6.07, 6.45) is 12.9. The Hall–Kier alpha value is 0. The molecule has 1 unspecified atom stereocenters. The molecule has 1 aliphatic rings. The van der Waals surface area contributed by atoms with Gasteiger partial charge in [0.05, 0.1) is 0 Å². The summed E-state index contributed by atoms with van der Waals surface area (Å²) in [6, 6.07) is 0. The summed E-state index contributed by atoms with van der Waals surface area (Å²) >= 11 is 0. The van der Waals surface area contributed by atoms with E-state index in [1.807, 2.05) is 0 Å². The van der Waals surface area contributed by atoms with Gasteiger partial charge in [0, 0.05) is 0 Å². The minimum absolute atomic E-state index is 0.572. The van der Waals surface area contributed by atoms with E-state index in [1.54, 1.807) is 0 Å². The molecule has 0 saturated heterocycles. The summed E-state index contributed by atoms with van der Waals surface area (Å²) in [5.41, 5.74) is 1.16. The molecule has 0 nitrogen and oxygen atoms in total. The lowest BCUT2D eigenvalue weighted by Crippen LogP contribution is -2.18. The summed E-state index contributed by atoms with van der Waals surface area (Å²) in [6.45, 7) is 12.3. The highest BCUT2D eigenvalue weighted by Gasteiger charge is 2.23. The first-order valence-electron chi connectivity index (χ1n) is 7.81. The maximum Gasteiger partial charge on any atom is -0.0352 e. The highest BCUT2D eigenvalue weighted by Crippen LogP contribution is 2.37. The van der Waals surface area contributed by atoms with Gasteiger partial charge in [0.2, 0.25) is 0 Å². The molecule has 0 heteroatoms. The highest BCUT2D eigenvalue weighted by atomic mass is 14.3. The first kappa shape index (κ1) is 15.1. The fourth-order valence-corrected chi connectivity index (χ4v) is 3.58. The molecule has 17 heavy (non-hydrogen) atoms. The summed E-state index contributed by atoms with van der Waals surface area (Å²) in [4.78, 5) is 0. The van der Waals surface area contributed by atoms with Gasteiger partial charge in [0.25, 0.3) is 0 Å². The van der Waals surface area contributed by atoms with Crippen molar-refractivity contribution in [3.05, 3.63) is 0 Å². The van der Waals surface area contributed by atoms with Crippen LogP contribution in [0.2, 0.25) is 0 Å². The van der Waals surface area contributed by atoms with Crippen LogP contribution in [0, 0.1) is 16.7 Å². The molecule has 0 heterocycles. The lowest BCUT2D eigenvalue weighted by molar-refractivity contribution is 0.213. The molecule has 0 spiro atoms. The van der Waals surface area contributed by atoms with Gasteiger partial charge < -0.3 is 0 Å². The van der Waals surface area contributed by atoms with E-state index < -0.39 is 0 Å². The average Bonchev–Trinajstić information content (AvgIpc) is 2.18. The van der Waals surface area contributed by atoms with E-state index in [4.69, 9.17) is 0 Å². The van der Waals surface area contributed by atoms with Crippen molar-refractivity contribution in [1.82, 2.24) is 0 Å². The van der Waals surface area contributed by atoms with Crippen molar-refractivity contribution in [3.8, 4) is 0 Å². The Morgan fingerprint density at radius 2 is 1.18 bits per heavy atom. The van der Waals surface area contributed by atoms with Gasteiger partial charge in [-0.25, -0.2) is 0 Å². The first-order chi connectivity index (χ1) is 7.81. The molecule has 0 aromatic rings. The van der Waals surface area contributed by atoms with E-state index in [2.05, 4.69) is 34.6 Å². The van der Waals surface area contributed by atoms with E-state index in [9.17, 15) is 0 Å². The predicted octanol–water partition coefficient (Wildman–Crippen LogP) is 6.20. The van der Waals surface area contributed by atoms with Crippen LogP contribution in [-0.2, 0) is 0 Å². The number of hydrogen-bond donors (Lipinski definition) is 0. The van der Waals surface area contributed by atoms with E-state index in [0.717, 1.165) is 5.92 Å². The van der Waals surface area contributed by atoms with Crippen LogP contribution >= 0.6 is 0 Å². The van der Waals surface area contributed by atoms with Crippen molar-refractivity contribution in [3.63, 3.8) is 0 Å². The molecule has 0 bridgehead atoms. The minimum Gasteiger partial charge on any atom is -0.0625 e. The van der Waals surface area contributed by atoms with E-state index in [0.29, 0.717) is 10.8 Å². The second kappa shape index (κ2) is 6.25. The Morgan fingerprint density at radius 1 is 0.706 bits per heavy atom. The van der Waals surface area contributed by atoms with Crippen LogP contribution in [0.3, 0.4) is 0 Å². The van der Waals surface area contributed by atoms with Gasteiger partial charge in [-0.2, -0.15) is 0 Å². The minimum atomic E-state index is 0.572. The van der Waals surface area contributed by atoms with Gasteiger partial charge in [-0.3, -0.25) is 0 Å². The topological polar surface area (TPSA) is 0 Å². The quantitative estimate of drug-likeness (QED) is 0.471. The van der Waals surface area contributed by atoms with Crippen molar-refractivity contribution in [2.24, 2.45) is 16.7 Å². The van der Waals surface area contributed by atoms with Crippen LogP contribution in [0.1, 0.15) is 92.4 Å². The summed E-state index contributed by atoms with van der Waals surface area (Å²) in [5, 5.41) is 0. The van der Waals surface area contributed by atoms with Crippen molar-refractivity contribution >= 4 is 0 Å². The van der Waals surface area contributed by atoms with E-state index in [-0.39, 0.29) is 0 Å². The standard InChI is InChI=1S/C17H34/c1-15-10-6-7-11-16(2,3)12-8-9-13-17(4,5)14-15/h15H,6-14H2,1-5H3. The third-order valence-corrected chi connectivity index (χ3v) is 4.66. The fraction of sp³-hybridized carbons (Fsp3) is 1.00. The zero-order valence-corrected chi connectivity index (χ0v) is 12.9. The van der Waals surface area contributed by atoms with E-state index in [1.165, 1.54) is 57.8 Å². The molecule has 0 aromatic carbocycles. The number of rotatable bonds is 0. The predicted molar refractivity (Wildman–Crippen MR) is 78.3 cm³/mol. The fourth-order valence-electron chi connectivity index (χ4n) is 3.58. The second-order valence-electron chi connectivity index (χ2n) is 8.09. The lowest BCUT2D eigenvalue weighted by Gasteiger charge is -2.31. The van der Waals surface area contributed by atoms with Crippen molar-refractivity contribution in [1.29, 1.82) is 0 Å². The van der Waals surface area contributed by atoms with Crippen molar-refractivity contribution in [2.45, 2.75) is 92.4 Å². The molecule has 0 aliphatic heterocycles. The molecule has 102 valence electrons. The third kappa shape index (κ3) is 6.48. The molecule has 1 atom stereocenters. The molecule has 1 rings (SSSR count). The normalized spacial score (nSPS) is 31.2. The van der Waals surface area contributed by atoms with Crippen molar-refractivity contribution in [2.75, 3.05) is 0 Å². The molecule has 1 saturated carbocycles. The summed E-state index contributed by atoms with van der Waals surface area (Å²) in [5.74, 6) is 0.924. The Bertz CT molecular complexity index is 212. The Kier molecular flexibility index (Phi) is 5.54. The van der Waals surface area contributed by atoms with Gasteiger partial charge in [0.15, 0.2) is 0 Å². The first-order valence-corrected chi connectivity index (χ1v) is 7.81. The zero-order chi connectivity index (χ0) is 12.9. The Morgan fingerprint density at radius 3 is 1.76 bits per heavy atom.